The van der Waals surface area contributed by atoms with Crippen LogP contribution < -0.4 is 10.9 Å². The molecule has 1 aromatic heterocycles. The van der Waals surface area contributed by atoms with Crippen LogP contribution in [-0.4, -0.2) is 10.5 Å². The van der Waals surface area contributed by atoms with E-state index in [0.717, 1.165) is 23.3 Å². The van der Waals surface area contributed by atoms with Crippen LogP contribution in [0.25, 0.3) is 0 Å². The van der Waals surface area contributed by atoms with E-state index in [4.69, 9.17) is 0 Å². The number of hydrogen-bond donors (Lipinski definition) is 1. The molecule has 0 bridgehead atoms. The standard InChI is InChI=1S/C22H19F3N2O2/c1-14-3-9-19(15(2)11-14)26-21(29)17-6-10-20(28)27(13-17)12-16-4-7-18(8-5-16)22(23,24)25/h3-11,13H,12H2,1-2H3,(H,26,29). The van der Waals surface area contributed by atoms with Crippen LogP contribution in [0.4, 0.5) is 18.9 Å². The summed E-state index contributed by atoms with van der Waals surface area (Å²) in [5.41, 5.74) is 2.34. The molecule has 0 saturated carbocycles. The Hall–Kier alpha value is -3.35. The number of carbonyl (C=O) groups excluding carboxylic acids is 1. The van der Waals surface area contributed by atoms with E-state index in [-0.39, 0.29) is 23.6 Å². The monoisotopic (exact) mass is 400 g/mol. The molecule has 2 aromatic carbocycles. The van der Waals surface area contributed by atoms with Crippen molar-refractivity contribution in [1.29, 1.82) is 0 Å². The fourth-order valence-corrected chi connectivity index (χ4v) is 2.93. The zero-order valence-corrected chi connectivity index (χ0v) is 15.9. The minimum absolute atomic E-state index is 0.0572. The van der Waals surface area contributed by atoms with Gasteiger partial charge in [-0.2, -0.15) is 13.2 Å². The van der Waals surface area contributed by atoms with Gasteiger partial charge in [0.15, 0.2) is 0 Å². The highest BCUT2D eigenvalue weighted by Crippen LogP contribution is 2.29. The minimum atomic E-state index is -4.42. The normalized spacial score (nSPS) is 11.3. The third kappa shape index (κ3) is 4.93. The van der Waals surface area contributed by atoms with Gasteiger partial charge in [0.25, 0.3) is 11.5 Å². The second kappa shape index (κ2) is 7.95. The number of halogens is 3. The Morgan fingerprint density at radius 2 is 1.69 bits per heavy atom. The maximum absolute atomic E-state index is 12.7. The highest BCUT2D eigenvalue weighted by atomic mass is 19.4. The molecule has 0 atom stereocenters. The van der Waals surface area contributed by atoms with Crippen molar-refractivity contribution in [1.82, 2.24) is 4.57 Å². The van der Waals surface area contributed by atoms with Crippen molar-refractivity contribution in [2.75, 3.05) is 5.32 Å². The van der Waals surface area contributed by atoms with Gasteiger partial charge in [0.05, 0.1) is 17.7 Å². The summed E-state index contributed by atoms with van der Waals surface area (Å²) in [5, 5.41) is 2.81. The van der Waals surface area contributed by atoms with Gasteiger partial charge in [0.2, 0.25) is 0 Å². The number of nitrogens with one attached hydrogen (secondary N) is 1. The largest absolute Gasteiger partial charge is 0.416 e. The Labute approximate surface area is 165 Å². The molecule has 0 saturated heterocycles. The predicted molar refractivity (Wildman–Crippen MR) is 105 cm³/mol. The van der Waals surface area contributed by atoms with Gasteiger partial charge in [-0.3, -0.25) is 9.59 Å². The van der Waals surface area contributed by atoms with Gasteiger partial charge in [-0.05, 0) is 49.2 Å². The van der Waals surface area contributed by atoms with Crippen molar-refractivity contribution >= 4 is 11.6 Å². The molecule has 0 aliphatic heterocycles. The molecule has 7 heteroatoms. The lowest BCUT2D eigenvalue weighted by molar-refractivity contribution is -0.137. The van der Waals surface area contributed by atoms with Crippen LogP contribution in [-0.2, 0) is 12.7 Å². The van der Waals surface area contributed by atoms with Gasteiger partial charge >= 0.3 is 6.18 Å². The number of aryl methyl sites for hydroxylation is 2. The van der Waals surface area contributed by atoms with Gasteiger partial charge in [-0.25, -0.2) is 0 Å². The number of alkyl halides is 3. The first-order valence-electron chi connectivity index (χ1n) is 8.89. The van der Waals surface area contributed by atoms with Crippen molar-refractivity contribution in [3.63, 3.8) is 0 Å². The Kier molecular flexibility index (Phi) is 5.59. The first kappa shape index (κ1) is 20.4. The number of carbonyl (C=O) groups is 1. The van der Waals surface area contributed by atoms with Crippen LogP contribution in [0.2, 0.25) is 0 Å². The first-order valence-corrected chi connectivity index (χ1v) is 8.89. The van der Waals surface area contributed by atoms with Crippen molar-refractivity contribution in [3.8, 4) is 0 Å². The van der Waals surface area contributed by atoms with Crippen LogP contribution in [0.1, 0.15) is 32.6 Å². The van der Waals surface area contributed by atoms with Gasteiger partial charge in [0.1, 0.15) is 0 Å². The molecule has 4 nitrogen and oxygen atoms in total. The second-order valence-corrected chi connectivity index (χ2v) is 6.85. The molecule has 1 heterocycles. The predicted octanol–water partition coefficient (Wildman–Crippen LogP) is 4.78. The lowest BCUT2D eigenvalue weighted by Gasteiger charge is -2.12. The Bertz CT molecular complexity index is 1100. The molecule has 3 rings (SSSR count). The van der Waals surface area contributed by atoms with Gasteiger partial charge < -0.3 is 9.88 Å². The number of anilines is 1. The molecular formula is C22H19F3N2O2. The summed E-state index contributed by atoms with van der Waals surface area (Å²) in [6.45, 7) is 3.89. The number of rotatable bonds is 4. The summed E-state index contributed by atoms with van der Waals surface area (Å²) in [7, 11) is 0. The first-order chi connectivity index (χ1) is 13.6. The highest BCUT2D eigenvalue weighted by molar-refractivity contribution is 6.04. The van der Waals surface area contributed by atoms with E-state index < -0.39 is 11.7 Å². The van der Waals surface area contributed by atoms with Crippen LogP contribution in [0.5, 0.6) is 0 Å². The van der Waals surface area contributed by atoms with Gasteiger partial charge in [-0.15, -0.1) is 0 Å². The van der Waals surface area contributed by atoms with Crippen molar-refractivity contribution in [3.05, 3.63) is 99.0 Å². The maximum atomic E-state index is 12.7. The van der Waals surface area contributed by atoms with Crippen LogP contribution in [0, 0.1) is 13.8 Å². The second-order valence-electron chi connectivity index (χ2n) is 6.85. The van der Waals surface area contributed by atoms with Crippen molar-refractivity contribution in [2.24, 2.45) is 0 Å². The molecule has 0 aliphatic rings. The average molecular weight is 400 g/mol. The Balaban J connectivity index is 1.80. The fourth-order valence-electron chi connectivity index (χ4n) is 2.93. The van der Waals surface area contributed by atoms with E-state index in [0.29, 0.717) is 11.3 Å². The molecule has 0 radical (unpaired) electrons. The van der Waals surface area contributed by atoms with E-state index in [1.54, 1.807) is 6.07 Å². The zero-order chi connectivity index (χ0) is 21.2. The molecule has 1 N–H and O–H groups in total. The Morgan fingerprint density at radius 3 is 2.31 bits per heavy atom. The molecule has 0 spiro atoms. The van der Waals surface area contributed by atoms with Crippen LogP contribution in [0.3, 0.4) is 0 Å². The molecule has 150 valence electrons. The summed E-state index contributed by atoms with van der Waals surface area (Å²) in [6.07, 6.45) is -3.01. The summed E-state index contributed by atoms with van der Waals surface area (Å²) < 4.78 is 39.3. The molecule has 29 heavy (non-hydrogen) atoms. The third-order valence-corrected chi connectivity index (χ3v) is 4.51. The summed E-state index contributed by atoms with van der Waals surface area (Å²) in [5.74, 6) is -0.377. The lowest BCUT2D eigenvalue weighted by atomic mass is 10.1. The van der Waals surface area contributed by atoms with Crippen LogP contribution >= 0.6 is 0 Å². The number of aromatic nitrogens is 1. The van der Waals surface area contributed by atoms with Crippen molar-refractivity contribution < 1.29 is 18.0 Å². The number of pyridine rings is 1. The quantitative estimate of drug-likeness (QED) is 0.685. The molecule has 1 amide bonds. The number of nitrogens with zero attached hydrogens (tertiary/aromatic N) is 1. The lowest BCUT2D eigenvalue weighted by Crippen LogP contribution is -2.22. The fraction of sp³-hybridized carbons (Fsp3) is 0.182. The number of hydrogen-bond acceptors (Lipinski definition) is 2. The number of amides is 1. The van der Waals surface area contributed by atoms with E-state index >= 15 is 0 Å². The van der Waals surface area contributed by atoms with E-state index in [2.05, 4.69) is 5.32 Å². The maximum Gasteiger partial charge on any atom is 0.416 e. The molecule has 0 aliphatic carbocycles. The minimum Gasteiger partial charge on any atom is -0.322 e. The topological polar surface area (TPSA) is 51.1 Å². The summed E-state index contributed by atoms with van der Waals surface area (Å²) in [6, 6.07) is 12.9. The van der Waals surface area contributed by atoms with E-state index in [1.807, 2.05) is 26.0 Å². The summed E-state index contributed by atoms with van der Waals surface area (Å²) >= 11 is 0. The molecule has 0 fully saturated rings. The molecular weight excluding hydrogens is 381 g/mol. The van der Waals surface area contributed by atoms with Crippen molar-refractivity contribution in [2.45, 2.75) is 26.6 Å². The van der Waals surface area contributed by atoms with Gasteiger partial charge in [0, 0.05) is 18.0 Å². The van der Waals surface area contributed by atoms with E-state index in [1.165, 1.54) is 35.0 Å². The van der Waals surface area contributed by atoms with E-state index in [9.17, 15) is 22.8 Å². The molecule has 3 aromatic rings. The third-order valence-electron chi connectivity index (χ3n) is 4.51. The van der Waals surface area contributed by atoms with Crippen LogP contribution in [0.15, 0.2) is 65.6 Å². The average Bonchev–Trinajstić information content (AvgIpc) is 2.65. The van der Waals surface area contributed by atoms with Gasteiger partial charge in [-0.1, -0.05) is 29.8 Å². The highest BCUT2D eigenvalue weighted by Gasteiger charge is 2.29. The molecule has 0 unspecified atom stereocenters. The summed E-state index contributed by atoms with van der Waals surface area (Å²) in [4.78, 5) is 24.7. The zero-order valence-electron chi connectivity index (χ0n) is 15.9. The number of benzene rings is 2. The Morgan fingerprint density at radius 1 is 1.00 bits per heavy atom. The SMILES string of the molecule is Cc1ccc(NC(=O)c2ccc(=O)n(Cc3ccc(C(F)(F)F)cc3)c2)c(C)c1. The smallest absolute Gasteiger partial charge is 0.322 e.